The third-order valence-corrected chi connectivity index (χ3v) is 4.59. The summed E-state index contributed by atoms with van der Waals surface area (Å²) in [5.41, 5.74) is 0.0798. The second-order valence-corrected chi connectivity index (χ2v) is 6.51. The van der Waals surface area contributed by atoms with Crippen LogP contribution in [0.4, 0.5) is 4.39 Å². The van der Waals surface area contributed by atoms with E-state index in [0.29, 0.717) is 18.8 Å². The third kappa shape index (κ3) is 4.36. The Kier molecular flexibility index (Phi) is 7.10. The lowest BCUT2D eigenvalue weighted by Crippen LogP contribution is -2.44. The highest BCUT2D eigenvalue weighted by Gasteiger charge is 2.29. The quantitative estimate of drug-likeness (QED) is 0.845. The van der Waals surface area contributed by atoms with Crippen LogP contribution in [0, 0.1) is 12.7 Å². The second-order valence-electron chi connectivity index (χ2n) is 6.51. The van der Waals surface area contributed by atoms with E-state index in [1.807, 2.05) is 6.92 Å². The average molecular weight is 395 g/mol. The summed E-state index contributed by atoms with van der Waals surface area (Å²) in [6.45, 7) is 5.76. The van der Waals surface area contributed by atoms with Crippen LogP contribution in [-0.4, -0.2) is 46.3 Å². The highest BCUT2D eigenvalue weighted by atomic mass is 35.5. The molecule has 1 amide bonds. The molecule has 1 aliphatic rings. The molecular weight excluding hydrogens is 371 g/mol. The molecule has 1 atom stereocenters. The number of aryl methyl sites for hydroxylation is 1. The predicted octanol–water partition coefficient (Wildman–Crippen LogP) is 2.32. The number of rotatable bonds is 5. The smallest absolute Gasteiger partial charge is 0.278 e. The lowest BCUT2D eigenvalue weighted by Gasteiger charge is -2.27. The molecule has 2 aromatic rings. The van der Waals surface area contributed by atoms with Crippen LogP contribution in [0.3, 0.4) is 0 Å². The minimum Gasteiger partial charge on any atom is -0.333 e. The molecule has 3 rings (SSSR count). The number of carbonyl (C=O) groups is 1. The minimum atomic E-state index is -0.462. The molecule has 27 heavy (non-hydrogen) atoms. The Bertz CT molecular complexity index is 865. The first kappa shape index (κ1) is 21.1. The Morgan fingerprint density at radius 3 is 2.78 bits per heavy atom. The maximum Gasteiger partial charge on any atom is 0.278 e. The number of nitrogens with zero attached hydrogens (tertiary/aromatic N) is 3. The van der Waals surface area contributed by atoms with Gasteiger partial charge in [-0.15, -0.1) is 12.4 Å². The summed E-state index contributed by atoms with van der Waals surface area (Å²) < 4.78 is 15.5. The first-order valence-electron chi connectivity index (χ1n) is 8.90. The van der Waals surface area contributed by atoms with Crippen molar-refractivity contribution in [2.75, 3.05) is 19.6 Å². The number of nitrogens with one attached hydrogen (secondary N) is 1. The molecule has 2 heterocycles. The fourth-order valence-electron chi connectivity index (χ4n) is 3.30. The van der Waals surface area contributed by atoms with E-state index in [1.54, 1.807) is 30.0 Å². The standard InChI is InChI=1S/C19H23FN4O2.ClH/c1-3-10-23(14-8-9-21-12-14)19(26)18-17(25)11-13(2)24(22-18)16-7-5-4-6-15(16)20;/h4-7,11,14,21H,3,8-10,12H2,1-2H3;1H. The number of carbonyl (C=O) groups excluding carboxylic acids is 1. The van der Waals surface area contributed by atoms with Crippen LogP contribution in [0.2, 0.25) is 0 Å². The Hall–Kier alpha value is -2.25. The molecule has 0 bridgehead atoms. The van der Waals surface area contributed by atoms with Crippen molar-refractivity contribution in [2.24, 2.45) is 0 Å². The maximum atomic E-state index is 14.2. The molecule has 0 aliphatic carbocycles. The average Bonchev–Trinajstić information content (AvgIpc) is 3.14. The van der Waals surface area contributed by atoms with Crippen molar-refractivity contribution in [3.05, 3.63) is 57.8 Å². The molecule has 0 spiro atoms. The molecule has 8 heteroatoms. The molecule has 0 radical (unpaired) electrons. The van der Waals surface area contributed by atoms with Gasteiger partial charge in [0.15, 0.2) is 5.69 Å². The normalized spacial score (nSPS) is 16.0. The predicted molar refractivity (Wildman–Crippen MR) is 104 cm³/mol. The largest absolute Gasteiger partial charge is 0.333 e. The van der Waals surface area contributed by atoms with Crippen LogP contribution in [0.5, 0.6) is 0 Å². The van der Waals surface area contributed by atoms with Crippen molar-refractivity contribution in [2.45, 2.75) is 32.7 Å². The van der Waals surface area contributed by atoms with Gasteiger partial charge in [-0.05, 0) is 38.4 Å². The van der Waals surface area contributed by atoms with Gasteiger partial charge in [0, 0.05) is 30.9 Å². The summed E-state index contributed by atoms with van der Waals surface area (Å²) in [7, 11) is 0. The van der Waals surface area contributed by atoms with E-state index in [0.717, 1.165) is 19.4 Å². The first-order chi connectivity index (χ1) is 12.5. The Morgan fingerprint density at radius 2 is 2.15 bits per heavy atom. The van der Waals surface area contributed by atoms with E-state index in [4.69, 9.17) is 0 Å². The van der Waals surface area contributed by atoms with Crippen molar-refractivity contribution in [1.82, 2.24) is 20.0 Å². The van der Waals surface area contributed by atoms with Gasteiger partial charge in [-0.3, -0.25) is 9.59 Å². The van der Waals surface area contributed by atoms with Crippen LogP contribution in [0.15, 0.2) is 35.1 Å². The summed E-state index contributed by atoms with van der Waals surface area (Å²) >= 11 is 0. The summed E-state index contributed by atoms with van der Waals surface area (Å²) in [6.07, 6.45) is 1.63. The van der Waals surface area contributed by atoms with Crippen LogP contribution in [0.25, 0.3) is 5.69 Å². The van der Waals surface area contributed by atoms with E-state index in [-0.39, 0.29) is 29.8 Å². The van der Waals surface area contributed by atoms with E-state index in [1.165, 1.54) is 16.8 Å². The number of benzene rings is 1. The lowest BCUT2D eigenvalue weighted by molar-refractivity contribution is 0.0682. The third-order valence-electron chi connectivity index (χ3n) is 4.59. The molecular formula is C19H24ClFN4O2. The minimum absolute atomic E-state index is 0. The topological polar surface area (TPSA) is 67.2 Å². The Balaban J connectivity index is 0.00000261. The van der Waals surface area contributed by atoms with Gasteiger partial charge in [-0.25, -0.2) is 9.07 Å². The molecule has 1 aliphatic heterocycles. The van der Waals surface area contributed by atoms with E-state index in [9.17, 15) is 14.0 Å². The molecule has 1 aromatic carbocycles. The van der Waals surface area contributed by atoms with Crippen LogP contribution in [-0.2, 0) is 0 Å². The molecule has 1 unspecified atom stereocenters. The Labute approximate surface area is 163 Å². The lowest BCUT2D eigenvalue weighted by atomic mass is 10.2. The van der Waals surface area contributed by atoms with E-state index >= 15 is 0 Å². The number of hydrogen-bond donors (Lipinski definition) is 1. The van der Waals surface area contributed by atoms with Gasteiger partial charge in [0.2, 0.25) is 5.43 Å². The van der Waals surface area contributed by atoms with Crippen LogP contribution >= 0.6 is 12.4 Å². The molecule has 1 saturated heterocycles. The highest BCUT2D eigenvalue weighted by molar-refractivity contribution is 5.92. The zero-order valence-electron chi connectivity index (χ0n) is 15.4. The molecule has 6 nitrogen and oxygen atoms in total. The monoisotopic (exact) mass is 394 g/mol. The number of amides is 1. The van der Waals surface area contributed by atoms with Crippen molar-refractivity contribution >= 4 is 18.3 Å². The number of aromatic nitrogens is 2. The summed E-state index contributed by atoms with van der Waals surface area (Å²) in [4.78, 5) is 27.2. The van der Waals surface area contributed by atoms with Gasteiger partial charge in [-0.2, -0.15) is 5.10 Å². The molecule has 0 saturated carbocycles. The van der Waals surface area contributed by atoms with Crippen LogP contribution < -0.4 is 10.7 Å². The second kappa shape index (κ2) is 9.10. The zero-order chi connectivity index (χ0) is 18.7. The van der Waals surface area contributed by atoms with Crippen LogP contribution in [0.1, 0.15) is 35.9 Å². The van der Waals surface area contributed by atoms with Crippen molar-refractivity contribution in [3.63, 3.8) is 0 Å². The summed E-state index contributed by atoms with van der Waals surface area (Å²) in [6, 6.07) is 7.55. The molecule has 146 valence electrons. The number of para-hydroxylation sites is 1. The SMILES string of the molecule is CCCN(C(=O)c1nn(-c2ccccc2F)c(C)cc1=O)C1CCNC1.Cl. The summed E-state index contributed by atoms with van der Waals surface area (Å²) in [5, 5.41) is 7.47. The maximum absolute atomic E-state index is 14.2. The molecule has 1 fully saturated rings. The van der Waals surface area contributed by atoms with Gasteiger partial charge >= 0.3 is 0 Å². The van der Waals surface area contributed by atoms with Crippen molar-refractivity contribution in [3.8, 4) is 5.69 Å². The fraction of sp³-hybridized carbons (Fsp3) is 0.421. The van der Waals surface area contributed by atoms with Gasteiger partial charge in [-0.1, -0.05) is 19.1 Å². The van der Waals surface area contributed by atoms with Gasteiger partial charge in [0.05, 0.1) is 0 Å². The van der Waals surface area contributed by atoms with E-state index in [2.05, 4.69) is 10.4 Å². The number of halogens is 2. The van der Waals surface area contributed by atoms with E-state index < -0.39 is 17.2 Å². The van der Waals surface area contributed by atoms with Gasteiger partial charge < -0.3 is 10.2 Å². The van der Waals surface area contributed by atoms with Crippen molar-refractivity contribution < 1.29 is 9.18 Å². The number of hydrogen-bond acceptors (Lipinski definition) is 4. The first-order valence-corrected chi connectivity index (χ1v) is 8.90. The van der Waals surface area contributed by atoms with Gasteiger partial charge in [0.1, 0.15) is 11.5 Å². The molecule has 1 N–H and O–H groups in total. The summed E-state index contributed by atoms with van der Waals surface area (Å²) in [5.74, 6) is -0.855. The van der Waals surface area contributed by atoms with Crippen molar-refractivity contribution in [1.29, 1.82) is 0 Å². The fourth-order valence-corrected chi connectivity index (χ4v) is 3.30. The zero-order valence-corrected chi connectivity index (χ0v) is 16.3. The van der Waals surface area contributed by atoms with Gasteiger partial charge in [0.25, 0.3) is 5.91 Å². The molecule has 1 aromatic heterocycles. The Morgan fingerprint density at radius 1 is 1.41 bits per heavy atom. The highest BCUT2D eigenvalue weighted by Crippen LogP contribution is 2.15.